The normalized spacial score (nSPS) is 19.4. The number of hydrogen-bond donors (Lipinski definition) is 0. The van der Waals surface area contributed by atoms with Crippen LogP contribution < -0.4 is 0 Å². The zero-order valence-electron chi connectivity index (χ0n) is 19.4. The Labute approximate surface area is 161 Å². The highest BCUT2D eigenvalue weighted by molar-refractivity contribution is 4.81. The summed E-state index contributed by atoms with van der Waals surface area (Å²) in [4.78, 5) is 0. The highest BCUT2D eigenvalue weighted by Gasteiger charge is 2.31. The molecule has 0 nitrogen and oxygen atoms in total. The molecule has 0 amide bonds. The third kappa shape index (κ3) is 9.48. The van der Waals surface area contributed by atoms with Crippen LogP contribution >= 0.6 is 0 Å². The van der Waals surface area contributed by atoms with Gasteiger partial charge >= 0.3 is 0 Å². The van der Waals surface area contributed by atoms with E-state index in [2.05, 4.69) is 62.3 Å². The molecule has 0 spiro atoms. The third-order valence-corrected chi connectivity index (χ3v) is 7.34. The van der Waals surface area contributed by atoms with E-state index < -0.39 is 0 Å². The van der Waals surface area contributed by atoms with E-state index >= 15 is 0 Å². The van der Waals surface area contributed by atoms with E-state index in [0.717, 1.165) is 41.4 Å². The molecule has 6 atom stereocenters. The van der Waals surface area contributed by atoms with Crippen molar-refractivity contribution < 1.29 is 0 Å². The molecule has 0 heterocycles. The van der Waals surface area contributed by atoms with Gasteiger partial charge in [0.25, 0.3) is 0 Å². The van der Waals surface area contributed by atoms with Gasteiger partial charge in [-0.15, -0.1) is 0 Å². The quantitative estimate of drug-likeness (QED) is 0.276. The van der Waals surface area contributed by atoms with Gasteiger partial charge in [0.2, 0.25) is 0 Å². The molecule has 0 saturated carbocycles. The van der Waals surface area contributed by atoms with E-state index in [1.807, 2.05) is 0 Å². The van der Waals surface area contributed by atoms with Gasteiger partial charge in [-0.3, -0.25) is 0 Å². The number of hydrogen-bond acceptors (Lipinski definition) is 0. The molecule has 0 saturated heterocycles. The van der Waals surface area contributed by atoms with Crippen LogP contribution in [0.1, 0.15) is 120 Å². The molecule has 0 N–H and O–H groups in total. The lowest BCUT2D eigenvalue weighted by atomic mass is 9.67. The zero-order valence-corrected chi connectivity index (χ0v) is 19.4. The van der Waals surface area contributed by atoms with Crippen molar-refractivity contribution in [2.45, 2.75) is 120 Å². The Morgan fingerprint density at radius 1 is 0.520 bits per heavy atom. The molecule has 152 valence electrons. The maximum absolute atomic E-state index is 2.60. The van der Waals surface area contributed by atoms with Gasteiger partial charge < -0.3 is 0 Å². The fourth-order valence-corrected chi connectivity index (χ4v) is 5.05. The van der Waals surface area contributed by atoms with Crippen molar-refractivity contribution in [3.63, 3.8) is 0 Å². The van der Waals surface area contributed by atoms with Crippen molar-refractivity contribution in [1.29, 1.82) is 0 Å². The largest absolute Gasteiger partial charge is 0.0654 e. The zero-order chi connectivity index (χ0) is 19.4. The molecule has 0 aliphatic carbocycles. The van der Waals surface area contributed by atoms with Crippen LogP contribution in [0.5, 0.6) is 0 Å². The first kappa shape index (κ1) is 25.0. The van der Waals surface area contributed by atoms with Crippen LogP contribution in [0.15, 0.2) is 0 Å². The van der Waals surface area contributed by atoms with Crippen molar-refractivity contribution in [2.24, 2.45) is 41.4 Å². The van der Waals surface area contributed by atoms with Gasteiger partial charge in [0.1, 0.15) is 0 Å². The van der Waals surface area contributed by atoms with Crippen LogP contribution in [0.2, 0.25) is 0 Å². The van der Waals surface area contributed by atoms with Crippen molar-refractivity contribution in [1.82, 2.24) is 0 Å². The summed E-state index contributed by atoms with van der Waals surface area (Å²) in [6.07, 6.45) is 12.6. The molecule has 0 aromatic carbocycles. The second-order valence-corrected chi connectivity index (χ2v) is 9.57. The Morgan fingerprint density at radius 2 is 1.08 bits per heavy atom. The summed E-state index contributed by atoms with van der Waals surface area (Å²) < 4.78 is 0. The van der Waals surface area contributed by atoms with E-state index in [-0.39, 0.29) is 0 Å². The van der Waals surface area contributed by atoms with Gasteiger partial charge in [-0.25, -0.2) is 0 Å². The molecule has 0 aromatic rings. The Bertz CT molecular complexity index is 292. The summed E-state index contributed by atoms with van der Waals surface area (Å²) in [5.41, 5.74) is 0. The van der Waals surface area contributed by atoms with E-state index in [4.69, 9.17) is 0 Å². The molecule has 0 aromatic heterocycles. The fourth-order valence-electron chi connectivity index (χ4n) is 5.05. The molecule has 0 aliphatic heterocycles. The summed E-state index contributed by atoms with van der Waals surface area (Å²) in [5.74, 6) is 6.28. The summed E-state index contributed by atoms with van der Waals surface area (Å²) in [5, 5.41) is 0. The van der Waals surface area contributed by atoms with E-state index in [9.17, 15) is 0 Å². The molecule has 0 heteroatoms. The van der Waals surface area contributed by atoms with Crippen LogP contribution in [0, 0.1) is 41.4 Å². The molecule has 0 rings (SSSR count). The van der Waals surface area contributed by atoms with Gasteiger partial charge in [0.05, 0.1) is 0 Å². The molecular formula is C25H52. The molecule has 6 unspecified atom stereocenters. The lowest BCUT2D eigenvalue weighted by Crippen LogP contribution is -2.30. The summed E-state index contributed by atoms with van der Waals surface area (Å²) >= 11 is 0. The Kier molecular flexibility index (Phi) is 14.1. The fraction of sp³-hybridized carbons (Fsp3) is 1.00. The summed E-state index contributed by atoms with van der Waals surface area (Å²) in [7, 11) is 0. The van der Waals surface area contributed by atoms with Gasteiger partial charge in [-0.1, -0.05) is 107 Å². The Morgan fingerprint density at radius 3 is 1.52 bits per heavy atom. The smallest absolute Gasteiger partial charge is 0.0360 e. The first-order valence-electron chi connectivity index (χ1n) is 11.8. The van der Waals surface area contributed by atoms with Crippen molar-refractivity contribution in [3.8, 4) is 0 Å². The minimum absolute atomic E-state index is 0.847. The molecule has 0 bridgehead atoms. The Balaban J connectivity index is 5.07. The first-order valence-corrected chi connectivity index (χ1v) is 11.8. The van der Waals surface area contributed by atoms with E-state index in [0.29, 0.717) is 0 Å². The first-order chi connectivity index (χ1) is 11.8. The predicted molar refractivity (Wildman–Crippen MR) is 117 cm³/mol. The number of rotatable bonds is 15. The molecule has 0 fully saturated rings. The lowest BCUT2D eigenvalue weighted by Gasteiger charge is -2.38. The topological polar surface area (TPSA) is 0 Å². The molecule has 0 aliphatic rings. The van der Waals surface area contributed by atoms with Crippen LogP contribution in [0.3, 0.4) is 0 Å². The minimum atomic E-state index is 0.847. The van der Waals surface area contributed by atoms with Crippen LogP contribution in [0.25, 0.3) is 0 Å². The second kappa shape index (κ2) is 14.1. The maximum atomic E-state index is 2.60. The van der Waals surface area contributed by atoms with Crippen LogP contribution in [-0.2, 0) is 0 Å². The summed E-state index contributed by atoms with van der Waals surface area (Å²) in [6.45, 7) is 22.0. The average Bonchev–Trinajstić information content (AvgIpc) is 2.59. The second-order valence-electron chi connectivity index (χ2n) is 9.57. The lowest BCUT2D eigenvalue weighted by molar-refractivity contribution is 0.112. The van der Waals surface area contributed by atoms with Crippen molar-refractivity contribution >= 4 is 0 Å². The van der Waals surface area contributed by atoms with Gasteiger partial charge in [0, 0.05) is 0 Å². The molecule has 25 heavy (non-hydrogen) atoms. The van der Waals surface area contributed by atoms with Gasteiger partial charge in [0.15, 0.2) is 0 Å². The highest BCUT2D eigenvalue weighted by atomic mass is 14.4. The third-order valence-electron chi connectivity index (χ3n) is 7.34. The van der Waals surface area contributed by atoms with E-state index in [1.165, 1.54) is 57.8 Å². The van der Waals surface area contributed by atoms with Crippen molar-refractivity contribution in [2.75, 3.05) is 0 Å². The highest BCUT2D eigenvalue weighted by Crippen LogP contribution is 2.40. The summed E-state index contributed by atoms with van der Waals surface area (Å²) in [6, 6.07) is 0. The monoisotopic (exact) mass is 352 g/mol. The molecule has 0 radical (unpaired) electrons. The van der Waals surface area contributed by atoms with E-state index in [1.54, 1.807) is 0 Å². The predicted octanol–water partition coefficient (Wildman–Crippen LogP) is 8.99. The van der Waals surface area contributed by atoms with Gasteiger partial charge in [-0.05, 0) is 54.3 Å². The standard InChI is InChI=1S/C25H52/c1-10-14-23(12-3)21(8)25(13-4)22(9)24(17-15-19(5)6)18-16-20(7)11-2/h19-25H,10-18H2,1-9H3. The van der Waals surface area contributed by atoms with Crippen molar-refractivity contribution in [3.05, 3.63) is 0 Å². The Hall–Kier alpha value is 0. The van der Waals surface area contributed by atoms with Crippen LogP contribution in [-0.4, -0.2) is 0 Å². The maximum Gasteiger partial charge on any atom is -0.0360 e. The van der Waals surface area contributed by atoms with Gasteiger partial charge in [-0.2, -0.15) is 0 Å². The SMILES string of the molecule is CCCC(CC)C(C)C(CC)C(C)C(CCC(C)C)CCC(C)CC. The average molecular weight is 353 g/mol. The van der Waals surface area contributed by atoms with Crippen LogP contribution in [0.4, 0.5) is 0 Å². The molecular weight excluding hydrogens is 300 g/mol. The minimum Gasteiger partial charge on any atom is -0.0654 e.